The second kappa shape index (κ2) is 5.80. The molecule has 0 amide bonds. The topological polar surface area (TPSA) is 34.1 Å². The van der Waals surface area contributed by atoms with Crippen LogP contribution in [0.3, 0.4) is 0 Å². The molecule has 0 spiro atoms. The zero-order valence-corrected chi connectivity index (χ0v) is 12.5. The highest BCUT2D eigenvalue weighted by atomic mass is 32.3. The zero-order valence-electron chi connectivity index (χ0n) is 10.9. The number of rotatable bonds is 4. The lowest BCUT2D eigenvalue weighted by molar-refractivity contribution is 0.594. The average molecular weight is 292 g/mol. The third-order valence-corrected chi connectivity index (χ3v) is 6.72. The SMILES string of the molecule is CSC(c1ccc(C)cc1)S(=O)(=O)c1ccccc1. The van der Waals surface area contributed by atoms with E-state index in [1.165, 1.54) is 11.8 Å². The van der Waals surface area contributed by atoms with Crippen molar-refractivity contribution in [2.75, 3.05) is 6.26 Å². The molecule has 19 heavy (non-hydrogen) atoms. The summed E-state index contributed by atoms with van der Waals surface area (Å²) in [6, 6.07) is 16.3. The molecule has 2 aromatic rings. The van der Waals surface area contributed by atoms with Gasteiger partial charge in [0.15, 0.2) is 9.84 Å². The summed E-state index contributed by atoms with van der Waals surface area (Å²) in [6.07, 6.45) is 1.82. The summed E-state index contributed by atoms with van der Waals surface area (Å²) >= 11 is 1.34. The van der Waals surface area contributed by atoms with Crippen LogP contribution in [0.5, 0.6) is 0 Å². The van der Waals surface area contributed by atoms with Crippen molar-refractivity contribution in [3.63, 3.8) is 0 Å². The van der Waals surface area contributed by atoms with Crippen molar-refractivity contribution in [2.24, 2.45) is 0 Å². The second-order valence-electron chi connectivity index (χ2n) is 4.34. The number of hydrogen-bond donors (Lipinski definition) is 0. The molecule has 0 saturated heterocycles. The Labute approximate surface area is 118 Å². The third kappa shape index (κ3) is 3.01. The molecule has 2 rings (SSSR count). The van der Waals surface area contributed by atoms with Gasteiger partial charge in [0.1, 0.15) is 4.58 Å². The molecule has 1 unspecified atom stereocenters. The van der Waals surface area contributed by atoms with Gasteiger partial charge in [0.25, 0.3) is 0 Å². The van der Waals surface area contributed by atoms with E-state index in [1.54, 1.807) is 24.3 Å². The molecular weight excluding hydrogens is 276 g/mol. The molecule has 0 bridgehead atoms. The summed E-state index contributed by atoms with van der Waals surface area (Å²) < 4.78 is 24.7. The minimum absolute atomic E-state index is 0.370. The Bertz CT molecular complexity index is 632. The van der Waals surface area contributed by atoms with Crippen molar-refractivity contribution >= 4 is 21.6 Å². The van der Waals surface area contributed by atoms with Gasteiger partial charge in [0.05, 0.1) is 4.90 Å². The monoisotopic (exact) mass is 292 g/mol. The van der Waals surface area contributed by atoms with Gasteiger partial charge in [-0.1, -0.05) is 48.0 Å². The fourth-order valence-electron chi connectivity index (χ4n) is 1.90. The molecule has 2 aromatic carbocycles. The van der Waals surface area contributed by atoms with Crippen molar-refractivity contribution in [3.8, 4) is 0 Å². The molecule has 0 N–H and O–H groups in total. The van der Waals surface area contributed by atoms with Crippen LogP contribution in [0.2, 0.25) is 0 Å². The lowest BCUT2D eigenvalue weighted by atomic mass is 10.2. The molecule has 0 radical (unpaired) electrons. The maximum Gasteiger partial charge on any atom is 0.194 e. The highest BCUT2D eigenvalue weighted by Crippen LogP contribution is 2.36. The smallest absolute Gasteiger partial charge is 0.194 e. The minimum Gasteiger partial charge on any atom is -0.222 e. The number of thioether (sulfide) groups is 1. The fraction of sp³-hybridized carbons (Fsp3) is 0.200. The molecule has 0 aromatic heterocycles. The molecular formula is C15H16O2S2. The molecule has 0 saturated carbocycles. The predicted octanol–water partition coefficient (Wildman–Crippen LogP) is 3.83. The fourth-order valence-corrected chi connectivity index (χ4v) is 4.97. The summed E-state index contributed by atoms with van der Waals surface area (Å²) in [6.45, 7) is 1.99. The van der Waals surface area contributed by atoms with Gasteiger partial charge in [-0.25, -0.2) is 8.42 Å². The Morgan fingerprint density at radius 3 is 2.05 bits per heavy atom. The minimum atomic E-state index is -3.35. The van der Waals surface area contributed by atoms with Gasteiger partial charge in [-0.2, -0.15) is 0 Å². The van der Waals surface area contributed by atoms with Gasteiger partial charge in [0, 0.05) is 0 Å². The van der Waals surface area contributed by atoms with E-state index in [-0.39, 0.29) is 0 Å². The molecule has 0 aliphatic rings. The van der Waals surface area contributed by atoms with E-state index in [0.717, 1.165) is 11.1 Å². The van der Waals surface area contributed by atoms with Crippen LogP contribution in [0.1, 0.15) is 15.7 Å². The molecule has 100 valence electrons. The number of aryl methyl sites for hydroxylation is 1. The van der Waals surface area contributed by atoms with E-state index in [1.807, 2.05) is 43.5 Å². The number of hydrogen-bond acceptors (Lipinski definition) is 3. The summed E-state index contributed by atoms with van der Waals surface area (Å²) in [5, 5.41) is 0. The Morgan fingerprint density at radius 2 is 1.53 bits per heavy atom. The molecule has 0 aliphatic heterocycles. The Balaban J connectivity index is 2.45. The first kappa shape index (κ1) is 14.2. The normalized spacial score (nSPS) is 13.2. The molecule has 1 atom stereocenters. The van der Waals surface area contributed by atoms with Crippen molar-refractivity contribution in [3.05, 3.63) is 65.7 Å². The van der Waals surface area contributed by atoms with Crippen LogP contribution < -0.4 is 0 Å². The Morgan fingerprint density at radius 1 is 0.947 bits per heavy atom. The summed E-state index contributed by atoms with van der Waals surface area (Å²) in [7, 11) is -3.35. The Kier molecular flexibility index (Phi) is 4.32. The first-order valence-electron chi connectivity index (χ1n) is 5.94. The van der Waals surface area contributed by atoms with Gasteiger partial charge in [0.2, 0.25) is 0 Å². The van der Waals surface area contributed by atoms with Crippen molar-refractivity contribution in [1.29, 1.82) is 0 Å². The molecule has 2 nitrogen and oxygen atoms in total. The lowest BCUT2D eigenvalue weighted by Crippen LogP contribution is -2.10. The van der Waals surface area contributed by atoms with Gasteiger partial charge in [-0.15, -0.1) is 11.8 Å². The van der Waals surface area contributed by atoms with Crippen LogP contribution in [0, 0.1) is 6.92 Å². The average Bonchev–Trinajstić information content (AvgIpc) is 2.42. The molecule has 0 aliphatic carbocycles. The largest absolute Gasteiger partial charge is 0.222 e. The number of sulfone groups is 1. The van der Waals surface area contributed by atoms with Crippen LogP contribution in [-0.2, 0) is 9.84 Å². The van der Waals surface area contributed by atoms with E-state index in [4.69, 9.17) is 0 Å². The van der Waals surface area contributed by atoms with Crippen LogP contribution in [0.25, 0.3) is 0 Å². The summed E-state index contributed by atoms with van der Waals surface area (Å²) in [5.74, 6) is 0. The lowest BCUT2D eigenvalue weighted by Gasteiger charge is -2.16. The van der Waals surface area contributed by atoms with Gasteiger partial charge in [-0.3, -0.25) is 0 Å². The van der Waals surface area contributed by atoms with E-state index in [9.17, 15) is 8.42 Å². The van der Waals surface area contributed by atoms with Gasteiger partial charge < -0.3 is 0 Å². The van der Waals surface area contributed by atoms with E-state index in [0.29, 0.717) is 4.90 Å². The van der Waals surface area contributed by atoms with Crippen molar-refractivity contribution < 1.29 is 8.42 Å². The van der Waals surface area contributed by atoms with Crippen molar-refractivity contribution in [2.45, 2.75) is 16.4 Å². The van der Waals surface area contributed by atoms with E-state index in [2.05, 4.69) is 0 Å². The maximum atomic E-state index is 12.6. The van der Waals surface area contributed by atoms with Crippen LogP contribution in [0.15, 0.2) is 59.5 Å². The quantitative estimate of drug-likeness (QED) is 0.859. The molecule has 0 heterocycles. The third-order valence-electron chi connectivity index (χ3n) is 2.92. The standard InChI is InChI=1S/C15H16O2S2/c1-12-8-10-13(11-9-12)15(18-2)19(16,17)14-6-4-3-5-7-14/h3-11,15H,1-2H3. The van der Waals surface area contributed by atoms with Gasteiger partial charge in [-0.05, 0) is 30.9 Å². The Hall–Kier alpha value is -1.26. The first-order valence-corrected chi connectivity index (χ1v) is 8.77. The van der Waals surface area contributed by atoms with Crippen LogP contribution in [0.4, 0.5) is 0 Å². The van der Waals surface area contributed by atoms with Crippen molar-refractivity contribution in [1.82, 2.24) is 0 Å². The summed E-state index contributed by atoms with van der Waals surface area (Å²) in [4.78, 5) is 0.370. The predicted molar refractivity (Wildman–Crippen MR) is 81.1 cm³/mol. The number of benzene rings is 2. The first-order chi connectivity index (χ1) is 9.05. The second-order valence-corrected chi connectivity index (χ2v) is 7.61. The molecule has 0 fully saturated rings. The molecule has 4 heteroatoms. The highest BCUT2D eigenvalue weighted by Gasteiger charge is 2.27. The highest BCUT2D eigenvalue weighted by molar-refractivity contribution is 8.12. The maximum absolute atomic E-state index is 12.6. The zero-order chi connectivity index (χ0) is 13.9. The van der Waals surface area contributed by atoms with E-state index < -0.39 is 14.4 Å². The van der Waals surface area contributed by atoms with Gasteiger partial charge >= 0.3 is 0 Å². The van der Waals surface area contributed by atoms with E-state index >= 15 is 0 Å². The van der Waals surface area contributed by atoms with Crippen LogP contribution >= 0.6 is 11.8 Å². The van der Waals surface area contributed by atoms with Crippen LogP contribution in [-0.4, -0.2) is 14.7 Å². The summed E-state index contributed by atoms with van der Waals surface area (Å²) in [5.41, 5.74) is 1.95.